The van der Waals surface area contributed by atoms with Gasteiger partial charge in [0.2, 0.25) is 0 Å². The SMILES string of the molecule is Cc1ccc(Sc2ccc(C=NNC(=O)c3cc4ccccc4cc3O)o2)cc1. The Bertz CT molecular complexity index is 1200. The first kappa shape index (κ1) is 18.8. The van der Waals surface area contributed by atoms with Crippen molar-refractivity contribution in [3.63, 3.8) is 0 Å². The number of carbonyl (C=O) groups is 1. The zero-order chi connectivity index (χ0) is 20.2. The van der Waals surface area contributed by atoms with Gasteiger partial charge in [0.1, 0.15) is 11.5 Å². The summed E-state index contributed by atoms with van der Waals surface area (Å²) in [5.74, 6) is -0.0702. The monoisotopic (exact) mass is 402 g/mol. The highest BCUT2D eigenvalue weighted by molar-refractivity contribution is 7.99. The van der Waals surface area contributed by atoms with Crippen LogP contribution in [-0.4, -0.2) is 17.2 Å². The molecule has 0 aliphatic rings. The number of amides is 1. The normalized spacial score (nSPS) is 11.2. The van der Waals surface area contributed by atoms with Crippen molar-refractivity contribution in [1.29, 1.82) is 0 Å². The minimum atomic E-state index is -0.495. The van der Waals surface area contributed by atoms with Crippen LogP contribution in [0.3, 0.4) is 0 Å². The molecule has 0 aliphatic carbocycles. The van der Waals surface area contributed by atoms with E-state index in [0.717, 1.165) is 20.8 Å². The van der Waals surface area contributed by atoms with Crippen molar-refractivity contribution in [2.75, 3.05) is 0 Å². The van der Waals surface area contributed by atoms with Gasteiger partial charge in [-0.3, -0.25) is 4.79 Å². The maximum Gasteiger partial charge on any atom is 0.275 e. The number of benzene rings is 3. The number of nitrogens with zero attached hydrogens (tertiary/aromatic N) is 1. The molecule has 5 nitrogen and oxygen atoms in total. The van der Waals surface area contributed by atoms with E-state index in [9.17, 15) is 9.90 Å². The van der Waals surface area contributed by atoms with Gasteiger partial charge in [-0.1, -0.05) is 53.7 Å². The van der Waals surface area contributed by atoms with Gasteiger partial charge in [-0.2, -0.15) is 5.10 Å². The molecule has 1 heterocycles. The number of aryl methyl sites for hydroxylation is 1. The van der Waals surface area contributed by atoms with E-state index in [0.29, 0.717) is 5.76 Å². The number of nitrogens with one attached hydrogen (secondary N) is 1. The molecule has 0 saturated heterocycles. The third-order valence-corrected chi connectivity index (χ3v) is 5.24. The standard InChI is InChI=1S/C23H18N2O3S/c1-15-6-9-19(10-7-15)29-22-11-8-18(28-22)14-24-25-23(27)20-12-16-4-2-3-5-17(16)13-21(20)26/h2-14,26H,1H3,(H,25,27). The smallest absolute Gasteiger partial charge is 0.275 e. The Balaban J connectivity index is 1.41. The van der Waals surface area contributed by atoms with E-state index in [1.165, 1.54) is 23.5 Å². The molecule has 2 N–H and O–H groups in total. The maximum absolute atomic E-state index is 12.4. The van der Waals surface area contributed by atoms with Crippen molar-refractivity contribution < 1.29 is 14.3 Å². The van der Waals surface area contributed by atoms with Crippen LogP contribution in [0.1, 0.15) is 21.7 Å². The van der Waals surface area contributed by atoms with E-state index in [4.69, 9.17) is 4.42 Å². The van der Waals surface area contributed by atoms with Gasteiger partial charge in [0.05, 0.1) is 11.8 Å². The van der Waals surface area contributed by atoms with E-state index >= 15 is 0 Å². The highest BCUT2D eigenvalue weighted by Crippen LogP contribution is 2.29. The van der Waals surface area contributed by atoms with E-state index in [1.807, 2.05) is 61.5 Å². The van der Waals surface area contributed by atoms with Crippen molar-refractivity contribution in [3.8, 4) is 5.75 Å². The lowest BCUT2D eigenvalue weighted by Gasteiger charge is -2.05. The molecule has 1 aromatic heterocycles. The van der Waals surface area contributed by atoms with Gasteiger partial charge in [0.25, 0.3) is 5.91 Å². The minimum Gasteiger partial charge on any atom is -0.507 e. The molecule has 0 aliphatic heterocycles. The second-order valence-electron chi connectivity index (χ2n) is 6.49. The Morgan fingerprint density at radius 3 is 2.52 bits per heavy atom. The van der Waals surface area contributed by atoms with E-state index < -0.39 is 5.91 Å². The van der Waals surface area contributed by atoms with Gasteiger partial charge in [0, 0.05) is 4.90 Å². The second kappa shape index (κ2) is 8.24. The lowest BCUT2D eigenvalue weighted by molar-refractivity contribution is 0.0952. The fourth-order valence-electron chi connectivity index (χ4n) is 2.81. The quantitative estimate of drug-likeness (QED) is 0.348. The van der Waals surface area contributed by atoms with E-state index in [1.54, 1.807) is 18.2 Å². The molecule has 0 radical (unpaired) electrons. The van der Waals surface area contributed by atoms with Crippen LogP contribution in [0.2, 0.25) is 0 Å². The van der Waals surface area contributed by atoms with Crippen molar-refractivity contribution in [3.05, 3.63) is 89.7 Å². The summed E-state index contributed by atoms with van der Waals surface area (Å²) in [5, 5.41) is 16.5. The molecule has 6 heteroatoms. The van der Waals surface area contributed by atoms with Gasteiger partial charge < -0.3 is 9.52 Å². The lowest BCUT2D eigenvalue weighted by Crippen LogP contribution is -2.17. The van der Waals surface area contributed by atoms with Gasteiger partial charge in [0.15, 0.2) is 5.09 Å². The number of phenols is 1. The molecule has 4 aromatic rings. The van der Waals surface area contributed by atoms with Gasteiger partial charge in [-0.05, 0) is 54.1 Å². The molecule has 3 aromatic carbocycles. The third-order valence-electron chi connectivity index (χ3n) is 4.31. The summed E-state index contributed by atoms with van der Waals surface area (Å²) in [6.07, 6.45) is 1.43. The van der Waals surface area contributed by atoms with Crippen LogP contribution in [0.5, 0.6) is 5.75 Å². The summed E-state index contributed by atoms with van der Waals surface area (Å²) < 4.78 is 5.70. The topological polar surface area (TPSA) is 74.8 Å². The Kier molecular flexibility index (Phi) is 5.35. The van der Waals surface area contributed by atoms with Crippen LogP contribution in [-0.2, 0) is 0 Å². The number of furan rings is 1. The molecule has 0 bridgehead atoms. The predicted molar refractivity (Wildman–Crippen MR) is 115 cm³/mol. The van der Waals surface area contributed by atoms with Crippen molar-refractivity contribution in [2.45, 2.75) is 16.9 Å². The van der Waals surface area contributed by atoms with Gasteiger partial charge in [-0.15, -0.1) is 0 Å². The minimum absolute atomic E-state index is 0.0915. The predicted octanol–water partition coefficient (Wildman–Crippen LogP) is 5.36. The van der Waals surface area contributed by atoms with Gasteiger partial charge >= 0.3 is 0 Å². The summed E-state index contributed by atoms with van der Waals surface area (Å²) in [7, 11) is 0. The fraction of sp³-hybridized carbons (Fsp3) is 0.0435. The summed E-state index contributed by atoms with van der Waals surface area (Å²) in [6.45, 7) is 2.04. The Hall–Kier alpha value is -3.51. The molecule has 0 unspecified atom stereocenters. The number of rotatable bonds is 5. The molecule has 1 amide bonds. The largest absolute Gasteiger partial charge is 0.507 e. The van der Waals surface area contributed by atoms with E-state index in [-0.39, 0.29) is 11.3 Å². The first-order chi connectivity index (χ1) is 14.1. The molecular formula is C23H18N2O3S. The fourth-order valence-corrected chi connectivity index (χ4v) is 3.58. The van der Waals surface area contributed by atoms with Crippen molar-refractivity contribution >= 4 is 34.7 Å². The van der Waals surface area contributed by atoms with Crippen LogP contribution in [0, 0.1) is 6.92 Å². The summed E-state index contributed by atoms with van der Waals surface area (Å²) >= 11 is 1.51. The Morgan fingerprint density at radius 2 is 1.76 bits per heavy atom. The molecule has 0 spiro atoms. The summed E-state index contributed by atoms with van der Waals surface area (Å²) in [5.41, 5.74) is 3.79. The van der Waals surface area contributed by atoms with E-state index in [2.05, 4.69) is 10.5 Å². The number of aromatic hydroxyl groups is 1. The molecule has 0 fully saturated rings. The molecule has 0 atom stereocenters. The third kappa shape index (κ3) is 4.50. The maximum atomic E-state index is 12.4. The van der Waals surface area contributed by atoms with Crippen LogP contribution in [0.4, 0.5) is 0 Å². The van der Waals surface area contributed by atoms with Crippen LogP contribution >= 0.6 is 11.8 Å². The van der Waals surface area contributed by atoms with Crippen LogP contribution < -0.4 is 5.43 Å². The number of hydrogen-bond donors (Lipinski definition) is 2. The lowest BCUT2D eigenvalue weighted by atomic mass is 10.1. The zero-order valence-corrected chi connectivity index (χ0v) is 16.4. The van der Waals surface area contributed by atoms with Crippen molar-refractivity contribution in [1.82, 2.24) is 5.43 Å². The average molecular weight is 402 g/mol. The Morgan fingerprint density at radius 1 is 1.03 bits per heavy atom. The number of fused-ring (bicyclic) bond motifs is 1. The highest BCUT2D eigenvalue weighted by Gasteiger charge is 2.12. The van der Waals surface area contributed by atoms with Crippen LogP contribution in [0.25, 0.3) is 10.8 Å². The van der Waals surface area contributed by atoms with Crippen molar-refractivity contribution in [2.24, 2.45) is 5.10 Å². The molecule has 0 saturated carbocycles. The number of carbonyl (C=O) groups excluding carboxylic acids is 1. The number of phenolic OH excluding ortho intramolecular Hbond substituents is 1. The Labute approximate surface area is 172 Å². The number of hydrogen-bond acceptors (Lipinski definition) is 5. The molecule has 4 rings (SSSR count). The molecule has 29 heavy (non-hydrogen) atoms. The van der Waals surface area contributed by atoms with Gasteiger partial charge in [-0.25, -0.2) is 5.43 Å². The zero-order valence-electron chi connectivity index (χ0n) is 15.6. The highest BCUT2D eigenvalue weighted by atomic mass is 32.2. The average Bonchev–Trinajstić information content (AvgIpc) is 3.16. The first-order valence-corrected chi connectivity index (χ1v) is 9.80. The number of hydrazone groups is 1. The first-order valence-electron chi connectivity index (χ1n) is 8.98. The van der Waals surface area contributed by atoms with Crippen LogP contribution in [0.15, 0.2) is 92.3 Å². The summed E-state index contributed by atoms with van der Waals surface area (Å²) in [4.78, 5) is 13.4. The second-order valence-corrected chi connectivity index (χ2v) is 7.57. The summed E-state index contributed by atoms with van der Waals surface area (Å²) in [6, 6.07) is 22.5. The molecular weight excluding hydrogens is 384 g/mol. The molecule has 144 valence electrons.